The Morgan fingerprint density at radius 3 is 3.00 bits per heavy atom. The molecule has 0 radical (unpaired) electrons. The van der Waals surface area contributed by atoms with E-state index in [0.29, 0.717) is 17.5 Å². The number of thiophene rings is 1. The van der Waals surface area contributed by atoms with E-state index in [1.165, 1.54) is 16.6 Å². The molecule has 0 aliphatic heterocycles. The maximum atomic E-state index is 12.3. The number of carbonyl (C=O) groups is 1. The SMILES string of the molecule is Cc1cc(C(=O)CSc2nnnn2CCc2cccs2)c(C)[nH]1. The van der Waals surface area contributed by atoms with E-state index < -0.39 is 0 Å². The summed E-state index contributed by atoms with van der Waals surface area (Å²) in [6.45, 7) is 4.57. The summed E-state index contributed by atoms with van der Waals surface area (Å²) in [5.74, 6) is 0.419. The van der Waals surface area contributed by atoms with E-state index in [4.69, 9.17) is 0 Å². The first-order valence-electron chi connectivity index (χ1n) is 7.24. The summed E-state index contributed by atoms with van der Waals surface area (Å²) in [5.41, 5.74) is 2.65. The van der Waals surface area contributed by atoms with Gasteiger partial charge in [-0.15, -0.1) is 16.4 Å². The quantitative estimate of drug-likeness (QED) is 0.525. The molecule has 23 heavy (non-hydrogen) atoms. The Balaban J connectivity index is 1.59. The third-order valence-corrected chi connectivity index (χ3v) is 5.32. The number of tetrazole rings is 1. The Bertz CT molecular complexity index is 791. The maximum Gasteiger partial charge on any atom is 0.209 e. The van der Waals surface area contributed by atoms with Crippen molar-refractivity contribution < 1.29 is 4.79 Å². The van der Waals surface area contributed by atoms with Gasteiger partial charge in [0.15, 0.2) is 5.78 Å². The van der Waals surface area contributed by atoms with Crippen molar-refractivity contribution in [2.75, 3.05) is 5.75 Å². The molecule has 0 aliphatic carbocycles. The maximum absolute atomic E-state index is 12.3. The number of nitrogens with one attached hydrogen (secondary N) is 1. The molecule has 1 N–H and O–H groups in total. The number of hydrogen-bond acceptors (Lipinski definition) is 6. The molecule has 120 valence electrons. The molecule has 3 aromatic rings. The first kappa shape index (κ1) is 15.9. The number of aromatic amines is 1. The molecular weight excluding hydrogens is 330 g/mol. The molecule has 0 unspecified atom stereocenters. The van der Waals surface area contributed by atoms with Crippen LogP contribution in [0, 0.1) is 13.8 Å². The predicted octanol–water partition coefficient (Wildman–Crippen LogP) is 2.90. The Morgan fingerprint density at radius 2 is 2.30 bits per heavy atom. The van der Waals surface area contributed by atoms with E-state index in [-0.39, 0.29) is 5.78 Å². The van der Waals surface area contributed by atoms with E-state index in [1.807, 2.05) is 26.0 Å². The topological polar surface area (TPSA) is 76.5 Å². The van der Waals surface area contributed by atoms with Crippen LogP contribution >= 0.6 is 23.1 Å². The predicted molar refractivity (Wildman–Crippen MR) is 91.2 cm³/mol. The van der Waals surface area contributed by atoms with Gasteiger partial charge in [-0.1, -0.05) is 17.8 Å². The number of Topliss-reactive ketones (excluding diaryl/α,β-unsaturated/α-hetero) is 1. The number of carbonyl (C=O) groups excluding carboxylic acids is 1. The van der Waals surface area contributed by atoms with E-state index in [2.05, 4.69) is 32.0 Å². The minimum atomic E-state index is 0.0876. The van der Waals surface area contributed by atoms with Gasteiger partial charge in [-0.3, -0.25) is 4.79 Å². The van der Waals surface area contributed by atoms with Gasteiger partial charge in [-0.25, -0.2) is 4.68 Å². The summed E-state index contributed by atoms with van der Waals surface area (Å²) < 4.78 is 1.76. The lowest BCUT2D eigenvalue weighted by atomic mass is 10.2. The minimum absolute atomic E-state index is 0.0876. The molecule has 0 spiro atoms. The zero-order chi connectivity index (χ0) is 16.2. The molecule has 3 rings (SSSR count). The third-order valence-electron chi connectivity index (χ3n) is 3.43. The zero-order valence-corrected chi connectivity index (χ0v) is 14.6. The van der Waals surface area contributed by atoms with Gasteiger partial charge in [0.25, 0.3) is 0 Å². The molecule has 0 bridgehead atoms. The Morgan fingerprint density at radius 1 is 1.43 bits per heavy atom. The van der Waals surface area contributed by atoms with E-state index in [1.54, 1.807) is 16.0 Å². The molecule has 3 aromatic heterocycles. The molecule has 0 atom stereocenters. The number of hydrogen-bond donors (Lipinski definition) is 1. The summed E-state index contributed by atoms with van der Waals surface area (Å²) in [4.78, 5) is 16.8. The van der Waals surface area contributed by atoms with Gasteiger partial charge in [0.2, 0.25) is 5.16 Å². The van der Waals surface area contributed by atoms with Gasteiger partial charge in [0.1, 0.15) is 0 Å². The van der Waals surface area contributed by atoms with E-state index >= 15 is 0 Å². The Hall–Kier alpha value is -1.93. The fourth-order valence-corrected chi connectivity index (χ4v) is 3.82. The largest absolute Gasteiger partial charge is 0.362 e. The van der Waals surface area contributed by atoms with E-state index in [9.17, 15) is 4.79 Å². The van der Waals surface area contributed by atoms with Crippen LogP contribution in [0.15, 0.2) is 28.7 Å². The van der Waals surface area contributed by atoms with Crippen LogP contribution in [0.2, 0.25) is 0 Å². The molecule has 8 heteroatoms. The number of nitrogens with zero attached hydrogens (tertiary/aromatic N) is 4. The van der Waals surface area contributed by atoms with Crippen molar-refractivity contribution in [3.63, 3.8) is 0 Å². The highest BCUT2D eigenvalue weighted by atomic mass is 32.2. The van der Waals surface area contributed by atoms with Crippen molar-refractivity contribution in [2.24, 2.45) is 0 Å². The second kappa shape index (κ2) is 7.10. The molecule has 0 saturated carbocycles. The molecule has 0 saturated heterocycles. The second-order valence-corrected chi connectivity index (χ2v) is 7.19. The summed E-state index contributed by atoms with van der Waals surface area (Å²) in [6, 6.07) is 6.02. The van der Waals surface area contributed by atoms with Gasteiger partial charge in [-0.2, -0.15) is 0 Å². The van der Waals surface area contributed by atoms with Crippen LogP contribution in [0.5, 0.6) is 0 Å². The van der Waals surface area contributed by atoms with E-state index in [0.717, 1.165) is 23.4 Å². The van der Waals surface area contributed by atoms with Crippen LogP contribution in [-0.2, 0) is 13.0 Å². The smallest absolute Gasteiger partial charge is 0.209 e. The Kier molecular flexibility index (Phi) is 4.92. The highest BCUT2D eigenvalue weighted by Crippen LogP contribution is 2.19. The molecule has 0 aliphatic rings. The Labute approximate surface area is 142 Å². The summed E-state index contributed by atoms with van der Waals surface area (Å²) in [6.07, 6.45) is 0.889. The van der Waals surface area contributed by atoms with Crippen LogP contribution < -0.4 is 0 Å². The molecule has 0 amide bonds. The van der Waals surface area contributed by atoms with Crippen molar-refractivity contribution in [1.82, 2.24) is 25.2 Å². The first-order chi connectivity index (χ1) is 11.1. The van der Waals surface area contributed by atoms with Crippen LogP contribution in [0.3, 0.4) is 0 Å². The number of H-pyrrole nitrogens is 1. The van der Waals surface area contributed by atoms with Crippen LogP contribution in [0.1, 0.15) is 26.6 Å². The highest BCUT2D eigenvalue weighted by Gasteiger charge is 2.14. The van der Waals surface area contributed by atoms with Gasteiger partial charge in [0, 0.05) is 28.2 Å². The van der Waals surface area contributed by atoms with Crippen LogP contribution in [-0.4, -0.2) is 36.7 Å². The van der Waals surface area contributed by atoms with Crippen LogP contribution in [0.25, 0.3) is 0 Å². The fourth-order valence-electron chi connectivity index (χ4n) is 2.33. The number of aryl methyl sites for hydroxylation is 4. The molecule has 3 heterocycles. The summed E-state index contributed by atoms with van der Waals surface area (Å²) in [7, 11) is 0. The van der Waals surface area contributed by atoms with Gasteiger partial charge >= 0.3 is 0 Å². The number of rotatable bonds is 7. The van der Waals surface area contributed by atoms with Crippen LogP contribution in [0.4, 0.5) is 0 Å². The molecule has 6 nitrogen and oxygen atoms in total. The third kappa shape index (κ3) is 3.89. The second-order valence-electron chi connectivity index (χ2n) is 5.22. The van der Waals surface area contributed by atoms with Crippen molar-refractivity contribution in [3.8, 4) is 0 Å². The number of ketones is 1. The van der Waals surface area contributed by atoms with Crippen molar-refractivity contribution in [2.45, 2.75) is 32.0 Å². The number of thioether (sulfide) groups is 1. The van der Waals surface area contributed by atoms with Gasteiger partial charge in [-0.05, 0) is 41.8 Å². The fraction of sp³-hybridized carbons (Fsp3) is 0.333. The lowest BCUT2D eigenvalue weighted by Crippen LogP contribution is -2.07. The normalized spacial score (nSPS) is 11.0. The molecular formula is C15H17N5OS2. The van der Waals surface area contributed by atoms with Gasteiger partial charge < -0.3 is 4.98 Å². The average Bonchev–Trinajstić information content (AvgIpc) is 3.24. The average molecular weight is 347 g/mol. The van der Waals surface area contributed by atoms with Crippen molar-refractivity contribution in [3.05, 3.63) is 45.4 Å². The van der Waals surface area contributed by atoms with Crippen molar-refractivity contribution >= 4 is 28.9 Å². The minimum Gasteiger partial charge on any atom is -0.362 e. The summed E-state index contributed by atoms with van der Waals surface area (Å²) >= 11 is 3.10. The monoisotopic (exact) mass is 347 g/mol. The van der Waals surface area contributed by atoms with Crippen molar-refractivity contribution in [1.29, 1.82) is 0 Å². The molecule has 0 aromatic carbocycles. The zero-order valence-electron chi connectivity index (χ0n) is 12.9. The summed E-state index contributed by atoms with van der Waals surface area (Å²) in [5, 5.41) is 14.5. The first-order valence-corrected chi connectivity index (χ1v) is 9.11. The molecule has 0 fully saturated rings. The standard InChI is InChI=1S/C15H17N5OS2/c1-10-8-13(11(2)16-10)14(21)9-23-15-17-18-19-20(15)6-5-12-4-3-7-22-12/h3-4,7-8,16H,5-6,9H2,1-2H3. The highest BCUT2D eigenvalue weighted by molar-refractivity contribution is 7.99. The van der Waals surface area contributed by atoms with Gasteiger partial charge in [0.05, 0.1) is 12.3 Å². The lowest BCUT2D eigenvalue weighted by Gasteiger charge is -2.03. The lowest BCUT2D eigenvalue weighted by molar-refractivity contribution is 0.102. The number of aromatic nitrogens is 5.